The summed E-state index contributed by atoms with van der Waals surface area (Å²) in [5.74, 6) is 1.09. The van der Waals surface area contributed by atoms with Crippen LogP contribution < -0.4 is 50.1 Å². The Morgan fingerprint density at radius 3 is 1.37 bits per heavy atom. The first-order valence-corrected chi connectivity index (χ1v) is 24.6. The highest BCUT2D eigenvalue weighted by atomic mass is 16.6. The van der Waals surface area contributed by atoms with Crippen molar-refractivity contribution in [2.24, 2.45) is 5.73 Å². The summed E-state index contributed by atoms with van der Waals surface area (Å²) >= 11 is 0. The van der Waals surface area contributed by atoms with Gasteiger partial charge >= 0.3 is 18.0 Å². The molecule has 8 aromatic rings. The van der Waals surface area contributed by atoms with Crippen LogP contribution in [0.1, 0.15) is 54.3 Å². The molecule has 408 valence electrons. The van der Waals surface area contributed by atoms with Gasteiger partial charge in [0.05, 0.1) is 38.5 Å². The van der Waals surface area contributed by atoms with E-state index in [2.05, 4.69) is 25.9 Å². The molecule has 7 N–H and O–H groups in total. The summed E-state index contributed by atoms with van der Waals surface area (Å²) in [6.45, 7) is 5.14. The molecule has 0 spiro atoms. The summed E-state index contributed by atoms with van der Waals surface area (Å²) in [5.41, 5.74) is 8.33. The average molecular weight is 1080 g/mol. The highest BCUT2D eigenvalue weighted by Crippen LogP contribution is 2.39. The van der Waals surface area contributed by atoms with Gasteiger partial charge in [0, 0.05) is 70.6 Å². The molecule has 0 radical (unpaired) electrons. The minimum atomic E-state index is -1.21. The van der Waals surface area contributed by atoms with E-state index in [9.17, 15) is 29.1 Å². The normalized spacial score (nSPS) is 11.6. The number of rotatable bonds is 21. The largest absolute Gasteiger partial charge is 0.493 e. The number of ether oxygens (including phenoxy) is 7. The van der Waals surface area contributed by atoms with Crippen LogP contribution in [-0.4, -0.2) is 95.1 Å². The van der Waals surface area contributed by atoms with Gasteiger partial charge in [0.25, 0.3) is 11.8 Å². The summed E-state index contributed by atoms with van der Waals surface area (Å²) in [5, 5.41) is 27.9. The number of carboxylic acid groups (broad SMARTS) is 2. The molecule has 0 saturated heterocycles. The Bertz CT molecular complexity index is 3400. The quantitative estimate of drug-likeness (QED) is 0.0390. The molecular weight excluding hydrogens is 1020 g/mol. The van der Waals surface area contributed by atoms with E-state index in [1.54, 1.807) is 154 Å². The molecule has 0 aliphatic carbocycles. The lowest BCUT2D eigenvalue weighted by atomic mass is 10.1. The second-order valence-corrected chi connectivity index (χ2v) is 18.3. The molecule has 0 saturated carbocycles. The Morgan fingerprint density at radius 1 is 0.544 bits per heavy atom. The number of fused-ring (bicyclic) bond motifs is 2. The molecule has 0 bridgehead atoms. The zero-order valence-electron chi connectivity index (χ0n) is 43.8. The number of alkyl carbamates (subject to hydrolysis) is 1. The maximum atomic E-state index is 12.4. The second kappa shape index (κ2) is 26.7. The van der Waals surface area contributed by atoms with Crippen LogP contribution in [0.15, 0.2) is 158 Å². The van der Waals surface area contributed by atoms with Crippen LogP contribution in [0.5, 0.6) is 46.0 Å². The Hall–Kier alpha value is -9.95. The fourth-order valence-electron chi connectivity index (χ4n) is 7.44. The van der Waals surface area contributed by atoms with Crippen molar-refractivity contribution in [3.05, 3.63) is 169 Å². The first kappa shape index (κ1) is 56.8. The van der Waals surface area contributed by atoms with Gasteiger partial charge in [-0.15, -0.1) is 0 Å². The van der Waals surface area contributed by atoms with Gasteiger partial charge in [0.15, 0.2) is 23.0 Å². The van der Waals surface area contributed by atoms with E-state index in [-0.39, 0.29) is 37.9 Å². The number of aliphatic carboxylic acids is 2. The lowest BCUT2D eigenvalue weighted by Crippen LogP contribution is -2.44. The lowest BCUT2D eigenvalue weighted by molar-refractivity contribution is -0.140. The maximum Gasteiger partial charge on any atom is 0.408 e. The molecule has 2 aromatic heterocycles. The third-order valence-electron chi connectivity index (χ3n) is 11.4. The molecule has 6 aromatic carbocycles. The van der Waals surface area contributed by atoms with Gasteiger partial charge in [-0.2, -0.15) is 0 Å². The van der Waals surface area contributed by atoms with E-state index in [1.807, 2.05) is 24.3 Å². The summed E-state index contributed by atoms with van der Waals surface area (Å²) in [7, 11) is 2.99. The molecule has 0 fully saturated rings. The Balaban J connectivity index is 0.000000232. The number of pyridine rings is 2. The second-order valence-electron chi connectivity index (χ2n) is 18.3. The number of nitrogens with one attached hydrogen (secondary N) is 3. The first-order valence-electron chi connectivity index (χ1n) is 24.6. The van der Waals surface area contributed by atoms with Crippen molar-refractivity contribution in [1.82, 2.24) is 15.3 Å². The molecule has 8 rings (SSSR count). The number of benzene rings is 6. The van der Waals surface area contributed by atoms with E-state index < -0.39 is 35.7 Å². The standard InChI is InChI=1S/C32H33N3O8.C27H25N3O6/c1-32(2,3)43-31(39)35-24(30(37)38)15-17-41-28-19-25-23(18-27(28)40-4)26(14-16-33-25)42-22-12-10-21(11-13-22)34-29(36)20-8-6-5-7-9-20;1-34-24-15-20-22(16-25(24)35-14-12-21(28)27(32)33)29-13-11-23(20)36-19-9-7-18(8-10-19)30-26(31)17-5-3-2-4-6-17/h5-14,16,18-19,24H,15,17H2,1-4H3,(H,34,36)(H,35,39)(H,37,38);2-11,13,15-16,21H,12,14,28H2,1H3,(H,30,31)(H,32,33)/t24-;21-/m00/s1. The van der Waals surface area contributed by atoms with E-state index in [1.165, 1.54) is 14.2 Å². The van der Waals surface area contributed by atoms with Gasteiger partial charge in [-0.3, -0.25) is 24.4 Å². The molecule has 0 unspecified atom stereocenters. The Kier molecular flexibility index (Phi) is 19.2. The van der Waals surface area contributed by atoms with E-state index in [4.69, 9.17) is 44.0 Å². The van der Waals surface area contributed by atoms with Crippen LogP contribution in [-0.2, 0) is 14.3 Å². The average Bonchev–Trinajstić information content (AvgIpc) is 3.48. The van der Waals surface area contributed by atoms with Gasteiger partial charge in [0.2, 0.25) is 0 Å². The summed E-state index contributed by atoms with van der Waals surface area (Å²) in [6.07, 6.45) is 2.51. The van der Waals surface area contributed by atoms with Crippen LogP contribution in [0.4, 0.5) is 16.2 Å². The van der Waals surface area contributed by atoms with Crippen molar-refractivity contribution in [2.45, 2.75) is 51.3 Å². The molecule has 0 aliphatic rings. The summed E-state index contributed by atoms with van der Waals surface area (Å²) in [6, 6.07) is 40.0. The number of carbonyl (C=O) groups is 5. The topological polar surface area (TPSA) is 278 Å². The molecule has 3 amide bonds. The van der Waals surface area contributed by atoms with Gasteiger partial charge < -0.3 is 65.1 Å². The Morgan fingerprint density at radius 2 is 0.975 bits per heavy atom. The van der Waals surface area contributed by atoms with Crippen molar-refractivity contribution in [1.29, 1.82) is 0 Å². The van der Waals surface area contributed by atoms with Crippen molar-refractivity contribution in [3.8, 4) is 46.0 Å². The summed E-state index contributed by atoms with van der Waals surface area (Å²) < 4.78 is 39.9. The van der Waals surface area contributed by atoms with Crippen molar-refractivity contribution >= 4 is 63.0 Å². The highest BCUT2D eigenvalue weighted by molar-refractivity contribution is 6.05. The van der Waals surface area contributed by atoms with E-state index in [0.717, 1.165) is 0 Å². The molecule has 20 nitrogen and oxygen atoms in total. The van der Waals surface area contributed by atoms with Gasteiger partial charge in [-0.25, -0.2) is 9.59 Å². The van der Waals surface area contributed by atoms with E-state index in [0.29, 0.717) is 90.3 Å². The number of nitrogens with zero attached hydrogens (tertiary/aromatic N) is 2. The third kappa shape index (κ3) is 16.3. The fraction of sp³-hybridized carbons (Fsp3) is 0.203. The monoisotopic (exact) mass is 1070 g/mol. The first-order chi connectivity index (χ1) is 38.0. The van der Waals surface area contributed by atoms with Gasteiger partial charge in [0.1, 0.15) is 40.7 Å². The minimum absolute atomic E-state index is 0.0197. The molecule has 2 heterocycles. The molecule has 20 heteroatoms. The number of hydrogen-bond donors (Lipinski definition) is 6. The van der Waals surface area contributed by atoms with Gasteiger partial charge in [-0.05, 0) is 118 Å². The van der Waals surface area contributed by atoms with Gasteiger partial charge in [-0.1, -0.05) is 36.4 Å². The highest BCUT2D eigenvalue weighted by Gasteiger charge is 2.25. The fourth-order valence-corrected chi connectivity index (χ4v) is 7.44. The van der Waals surface area contributed by atoms with Crippen LogP contribution in [0, 0.1) is 0 Å². The molecule has 2 atom stereocenters. The summed E-state index contributed by atoms with van der Waals surface area (Å²) in [4.78, 5) is 68.2. The number of hydrogen-bond acceptors (Lipinski definition) is 15. The number of nitrogens with two attached hydrogens (primary N) is 1. The maximum absolute atomic E-state index is 12.4. The number of methoxy groups -OCH3 is 2. The number of carbonyl (C=O) groups excluding carboxylic acids is 3. The predicted octanol–water partition coefficient (Wildman–Crippen LogP) is 10.5. The molecule has 79 heavy (non-hydrogen) atoms. The zero-order valence-corrected chi connectivity index (χ0v) is 43.8. The Labute approximate surface area is 454 Å². The third-order valence-corrected chi connectivity index (χ3v) is 11.4. The lowest BCUT2D eigenvalue weighted by Gasteiger charge is -2.22. The van der Waals surface area contributed by atoms with Crippen LogP contribution in [0.3, 0.4) is 0 Å². The number of anilines is 2. The van der Waals surface area contributed by atoms with Crippen LogP contribution in [0.25, 0.3) is 21.8 Å². The zero-order chi connectivity index (χ0) is 56.5. The number of aromatic nitrogens is 2. The smallest absolute Gasteiger partial charge is 0.408 e. The molecule has 0 aliphatic heterocycles. The van der Waals surface area contributed by atoms with Crippen LogP contribution in [0.2, 0.25) is 0 Å². The number of carboxylic acids is 2. The van der Waals surface area contributed by atoms with Crippen molar-refractivity contribution < 1.29 is 67.3 Å². The number of amides is 3. The SMILES string of the molecule is COc1cc2c(Oc3ccc(NC(=O)c4ccccc4)cc3)ccnc2cc1OCC[C@H](N)C(=O)O.COc1cc2c(Oc3ccc(NC(=O)c4ccccc4)cc3)ccnc2cc1OCC[C@H](NC(=O)OC(C)(C)C)C(=O)O. The van der Waals surface area contributed by atoms with Crippen molar-refractivity contribution in [2.75, 3.05) is 38.1 Å². The van der Waals surface area contributed by atoms with Crippen LogP contribution >= 0.6 is 0 Å². The minimum Gasteiger partial charge on any atom is -0.493 e. The van der Waals surface area contributed by atoms with E-state index >= 15 is 0 Å². The van der Waals surface area contributed by atoms with Crippen molar-refractivity contribution in [3.63, 3.8) is 0 Å². The molecular formula is C59H58N6O14. The predicted molar refractivity (Wildman–Crippen MR) is 295 cm³/mol.